The number of urea groups is 1. The number of amides is 2. The van der Waals surface area contributed by atoms with Crippen LogP contribution in [0.3, 0.4) is 0 Å². The summed E-state index contributed by atoms with van der Waals surface area (Å²) >= 11 is 1.62. The highest BCUT2D eigenvalue weighted by atomic mass is 32.1. The second kappa shape index (κ2) is 7.55. The molecule has 7 heteroatoms. The Bertz CT molecular complexity index is 739. The van der Waals surface area contributed by atoms with E-state index in [2.05, 4.69) is 25.8 Å². The minimum Gasteiger partial charge on any atom is -0.338 e. The van der Waals surface area contributed by atoms with Crippen LogP contribution in [0.5, 0.6) is 0 Å². The van der Waals surface area contributed by atoms with Crippen LogP contribution in [0.1, 0.15) is 11.4 Å². The van der Waals surface area contributed by atoms with Gasteiger partial charge < -0.3 is 10.6 Å². The molecule has 0 atom stereocenters. The van der Waals surface area contributed by atoms with Gasteiger partial charge in [0.05, 0.1) is 17.9 Å². The van der Waals surface area contributed by atoms with Gasteiger partial charge in [-0.05, 0) is 6.07 Å². The third kappa shape index (κ3) is 4.40. The van der Waals surface area contributed by atoms with Gasteiger partial charge in [-0.2, -0.15) is 5.10 Å². The van der Waals surface area contributed by atoms with E-state index in [1.54, 1.807) is 17.5 Å². The van der Waals surface area contributed by atoms with Crippen molar-refractivity contribution < 1.29 is 4.79 Å². The summed E-state index contributed by atoms with van der Waals surface area (Å²) in [6.45, 7) is 0.980. The van der Waals surface area contributed by atoms with E-state index in [9.17, 15) is 4.79 Å². The molecule has 3 rings (SSSR count). The van der Waals surface area contributed by atoms with Crippen molar-refractivity contribution >= 4 is 17.4 Å². The number of aromatic amines is 1. The highest BCUT2D eigenvalue weighted by Crippen LogP contribution is 2.23. The lowest BCUT2D eigenvalue weighted by molar-refractivity contribution is 0.240. The number of carbonyl (C=O) groups is 1. The molecule has 2 heterocycles. The van der Waals surface area contributed by atoms with Crippen molar-refractivity contribution in [2.45, 2.75) is 13.0 Å². The third-order valence-corrected chi connectivity index (χ3v) is 4.18. The van der Waals surface area contributed by atoms with E-state index in [4.69, 9.17) is 0 Å². The molecule has 0 radical (unpaired) electrons. The van der Waals surface area contributed by atoms with Crippen molar-refractivity contribution in [1.29, 1.82) is 0 Å². The van der Waals surface area contributed by atoms with Gasteiger partial charge in [-0.15, -0.1) is 11.3 Å². The van der Waals surface area contributed by atoms with E-state index in [1.807, 2.05) is 41.8 Å². The molecule has 2 aromatic heterocycles. The maximum Gasteiger partial charge on any atom is 0.315 e. The second-order valence-electron chi connectivity index (χ2n) is 4.95. The van der Waals surface area contributed by atoms with Gasteiger partial charge in [0.25, 0.3) is 0 Å². The molecule has 0 fully saturated rings. The molecule has 1 aromatic carbocycles. The molecule has 3 N–H and O–H groups in total. The Kier molecular flexibility index (Phi) is 5.00. The summed E-state index contributed by atoms with van der Waals surface area (Å²) in [5.41, 5.74) is 2.98. The third-order valence-electron chi connectivity index (χ3n) is 3.24. The SMILES string of the molecule is O=C(NCCc1csc(-c2ccccc2)n1)NCc1ccn[nH]1. The van der Waals surface area contributed by atoms with Gasteiger partial charge in [0.2, 0.25) is 0 Å². The predicted molar refractivity (Wildman–Crippen MR) is 90.1 cm³/mol. The Balaban J connectivity index is 1.42. The highest BCUT2D eigenvalue weighted by Gasteiger charge is 2.05. The van der Waals surface area contributed by atoms with Crippen molar-refractivity contribution in [3.05, 3.63) is 59.4 Å². The van der Waals surface area contributed by atoms with Crippen molar-refractivity contribution in [3.8, 4) is 10.6 Å². The van der Waals surface area contributed by atoms with E-state index in [-0.39, 0.29) is 6.03 Å². The van der Waals surface area contributed by atoms with Crippen molar-refractivity contribution in [2.75, 3.05) is 6.54 Å². The molecule has 0 bridgehead atoms. The number of nitrogens with zero attached hydrogens (tertiary/aromatic N) is 2. The first kappa shape index (κ1) is 15.2. The predicted octanol–water partition coefficient (Wildman–Crippen LogP) is 2.58. The van der Waals surface area contributed by atoms with E-state index in [1.165, 1.54) is 0 Å². The van der Waals surface area contributed by atoms with Crippen molar-refractivity contribution in [1.82, 2.24) is 25.8 Å². The van der Waals surface area contributed by atoms with Crippen molar-refractivity contribution in [3.63, 3.8) is 0 Å². The smallest absolute Gasteiger partial charge is 0.315 e. The van der Waals surface area contributed by atoms with Gasteiger partial charge >= 0.3 is 6.03 Å². The number of carbonyl (C=O) groups excluding carboxylic acids is 1. The molecule has 2 amide bonds. The Morgan fingerprint density at radius 3 is 2.83 bits per heavy atom. The van der Waals surface area contributed by atoms with E-state index >= 15 is 0 Å². The fourth-order valence-corrected chi connectivity index (χ4v) is 2.92. The standard InChI is InChI=1S/C16H17N5OS/c22-16(18-10-13-7-9-19-21-13)17-8-6-14-11-23-15(20-14)12-4-2-1-3-5-12/h1-5,7,9,11H,6,8,10H2,(H,19,21)(H2,17,18,22). The van der Waals surface area contributed by atoms with Crippen LogP contribution < -0.4 is 10.6 Å². The Morgan fingerprint density at radius 1 is 1.17 bits per heavy atom. The van der Waals surface area contributed by atoms with Crippen LogP contribution in [0.4, 0.5) is 4.79 Å². The van der Waals surface area contributed by atoms with Crippen LogP contribution in [-0.2, 0) is 13.0 Å². The topological polar surface area (TPSA) is 82.7 Å². The fraction of sp³-hybridized carbons (Fsp3) is 0.188. The van der Waals surface area contributed by atoms with Gasteiger partial charge in [0.15, 0.2) is 0 Å². The van der Waals surface area contributed by atoms with Crippen LogP contribution in [0.25, 0.3) is 10.6 Å². The molecular formula is C16H17N5OS. The Morgan fingerprint density at radius 2 is 2.04 bits per heavy atom. The molecule has 0 saturated carbocycles. The summed E-state index contributed by atoms with van der Waals surface area (Å²) < 4.78 is 0. The summed E-state index contributed by atoms with van der Waals surface area (Å²) in [6.07, 6.45) is 2.36. The van der Waals surface area contributed by atoms with Gasteiger partial charge in [0, 0.05) is 30.1 Å². The maximum absolute atomic E-state index is 11.7. The lowest BCUT2D eigenvalue weighted by Crippen LogP contribution is -2.36. The van der Waals surface area contributed by atoms with Crippen LogP contribution in [0.15, 0.2) is 48.0 Å². The lowest BCUT2D eigenvalue weighted by Gasteiger charge is -2.05. The van der Waals surface area contributed by atoms with E-state index in [0.717, 1.165) is 22.0 Å². The summed E-state index contributed by atoms with van der Waals surface area (Å²) in [6, 6.07) is 11.7. The number of H-pyrrole nitrogens is 1. The normalized spacial score (nSPS) is 10.4. The summed E-state index contributed by atoms with van der Waals surface area (Å²) in [5.74, 6) is 0. The largest absolute Gasteiger partial charge is 0.338 e. The first-order valence-electron chi connectivity index (χ1n) is 7.31. The quantitative estimate of drug-likeness (QED) is 0.651. The number of hydrogen-bond donors (Lipinski definition) is 3. The van der Waals surface area contributed by atoms with E-state index in [0.29, 0.717) is 19.5 Å². The number of thiazole rings is 1. The van der Waals surface area contributed by atoms with Crippen molar-refractivity contribution in [2.24, 2.45) is 0 Å². The minimum absolute atomic E-state index is 0.196. The zero-order chi connectivity index (χ0) is 15.9. The first-order chi connectivity index (χ1) is 11.3. The molecule has 0 aliphatic carbocycles. The first-order valence-corrected chi connectivity index (χ1v) is 8.19. The molecule has 0 aliphatic rings. The minimum atomic E-state index is -0.196. The van der Waals surface area contributed by atoms with Gasteiger partial charge in [0.1, 0.15) is 5.01 Å². The number of aromatic nitrogens is 3. The molecule has 0 saturated heterocycles. The fourth-order valence-electron chi connectivity index (χ4n) is 2.06. The monoisotopic (exact) mass is 327 g/mol. The van der Waals surface area contributed by atoms with Gasteiger partial charge in [-0.25, -0.2) is 9.78 Å². The highest BCUT2D eigenvalue weighted by molar-refractivity contribution is 7.13. The number of benzene rings is 1. The summed E-state index contributed by atoms with van der Waals surface area (Å²) in [5, 5.41) is 15.2. The van der Waals surface area contributed by atoms with Crippen LogP contribution in [0, 0.1) is 0 Å². The molecule has 118 valence electrons. The number of nitrogens with one attached hydrogen (secondary N) is 3. The Hall–Kier alpha value is -2.67. The van der Waals surface area contributed by atoms with Gasteiger partial charge in [-0.3, -0.25) is 5.10 Å². The molecule has 3 aromatic rings. The zero-order valence-electron chi connectivity index (χ0n) is 12.5. The summed E-state index contributed by atoms with van der Waals surface area (Å²) in [7, 11) is 0. The average Bonchev–Trinajstić information content (AvgIpc) is 3.26. The molecule has 0 unspecified atom stereocenters. The number of rotatable bonds is 6. The lowest BCUT2D eigenvalue weighted by atomic mass is 10.2. The Labute approximate surface area is 138 Å². The van der Waals surface area contributed by atoms with Crippen LogP contribution in [-0.4, -0.2) is 27.8 Å². The van der Waals surface area contributed by atoms with Crippen LogP contribution in [0.2, 0.25) is 0 Å². The average molecular weight is 327 g/mol. The molecule has 6 nitrogen and oxygen atoms in total. The zero-order valence-corrected chi connectivity index (χ0v) is 13.3. The molecule has 0 spiro atoms. The molecular weight excluding hydrogens is 310 g/mol. The van der Waals surface area contributed by atoms with Crippen LogP contribution >= 0.6 is 11.3 Å². The second-order valence-corrected chi connectivity index (χ2v) is 5.81. The van der Waals surface area contributed by atoms with Gasteiger partial charge in [-0.1, -0.05) is 30.3 Å². The maximum atomic E-state index is 11.7. The number of hydrogen-bond acceptors (Lipinski definition) is 4. The molecule has 0 aliphatic heterocycles. The van der Waals surface area contributed by atoms with E-state index < -0.39 is 0 Å². The molecule has 23 heavy (non-hydrogen) atoms. The summed E-state index contributed by atoms with van der Waals surface area (Å²) in [4.78, 5) is 16.3.